The summed E-state index contributed by atoms with van der Waals surface area (Å²) in [5.41, 5.74) is 3.30. The lowest BCUT2D eigenvalue weighted by molar-refractivity contribution is -0.136. The lowest BCUT2D eigenvalue weighted by Crippen LogP contribution is -2.46. The highest BCUT2D eigenvalue weighted by Crippen LogP contribution is 2.32. The molecule has 2 aliphatic rings. The van der Waals surface area contributed by atoms with Crippen molar-refractivity contribution in [2.45, 2.75) is 53.0 Å². The molecule has 2 fully saturated rings. The zero-order valence-electron chi connectivity index (χ0n) is 20.3. The summed E-state index contributed by atoms with van der Waals surface area (Å²) in [4.78, 5) is 20.5. The zero-order valence-corrected chi connectivity index (χ0v) is 20.3. The van der Waals surface area contributed by atoms with E-state index in [1.165, 1.54) is 18.4 Å². The minimum Gasteiger partial charge on any atom is -0.354 e. The highest BCUT2D eigenvalue weighted by atomic mass is 16.2. The maximum atomic E-state index is 13.5. The Kier molecular flexibility index (Phi) is 7.19. The molecule has 6 nitrogen and oxygen atoms in total. The smallest absolute Gasteiger partial charge is 0.225 e. The number of benzene rings is 1. The summed E-state index contributed by atoms with van der Waals surface area (Å²) < 4.78 is 2.10. The lowest BCUT2D eigenvalue weighted by Gasteiger charge is -2.35. The van der Waals surface area contributed by atoms with E-state index in [4.69, 9.17) is 5.10 Å². The van der Waals surface area contributed by atoms with Gasteiger partial charge in [-0.05, 0) is 44.9 Å². The fraction of sp³-hybridized carbons (Fsp3) is 0.615. The van der Waals surface area contributed by atoms with Gasteiger partial charge >= 0.3 is 0 Å². The van der Waals surface area contributed by atoms with Gasteiger partial charge in [0.2, 0.25) is 5.91 Å². The molecule has 1 saturated carbocycles. The van der Waals surface area contributed by atoms with Gasteiger partial charge in [0.1, 0.15) is 5.82 Å². The minimum atomic E-state index is 0.199. The number of para-hydroxylation sites is 1. The molecule has 6 heteroatoms. The standard InChI is InChI=1S/C26H39N5O/c1-20(2)18-30(26(32)22-10-8-9-11-22)19-24-21(3)27-31(23-12-6-5-7-13-23)25(24)29-16-14-28(4)15-17-29/h5-7,12-13,20,22H,8-11,14-19H2,1-4H3. The first-order valence-electron chi connectivity index (χ1n) is 12.3. The van der Waals surface area contributed by atoms with Crippen LogP contribution in [0.4, 0.5) is 5.82 Å². The summed E-state index contributed by atoms with van der Waals surface area (Å²) in [5.74, 6) is 2.14. The van der Waals surface area contributed by atoms with Gasteiger partial charge in [-0.15, -0.1) is 0 Å². The van der Waals surface area contributed by atoms with Crippen LogP contribution in [0.2, 0.25) is 0 Å². The van der Waals surface area contributed by atoms with Gasteiger partial charge in [0, 0.05) is 44.2 Å². The maximum absolute atomic E-state index is 13.5. The van der Waals surface area contributed by atoms with Gasteiger partial charge < -0.3 is 14.7 Å². The van der Waals surface area contributed by atoms with Gasteiger partial charge in [-0.3, -0.25) is 4.79 Å². The molecule has 1 aromatic carbocycles. The molecule has 1 aliphatic carbocycles. The Labute approximate surface area is 193 Å². The number of carbonyl (C=O) groups excluding carboxylic acids is 1. The fourth-order valence-electron chi connectivity index (χ4n) is 5.12. The van der Waals surface area contributed by atoms with Gasteiger partial charge in [0.15, 0.2) is 0 Å². The van der Waals surface area contributed by atoms with E-state index in [0.29, 0.717) is 18.4 Å². The van der Waals surface area contributed by atoms with Crippen LogP contribution >= 0.6 is 0 Å². The summed E-state index contributed by atoms with van der Waals surface area (Å²) >= 11 is 0. The largest absolute Gasteiger partial charge is 0.354 e. The number of amides is 1. The second-order valence-corrected chi connectivity index (χ2v) is 10.0. The minimum absolute atomic E-state index is 0.199. The van der Waals surface area contributed by atoms with E-state index in [9.17, 15) is 4.79 Å². The monoisotopic (exact) mass is 437 g/mol. The molecule has 174 valence electrons. The molecular formula is C26H39N5O. The second kappa shape index (κ2) is 10.1. The molecule has 2 heterocycles. The van der Waals surface area contributed by atoms with Crippen molar-refractivity contribution in [3.8, 4) is 5.69 Å². The van der Waals surface area contributed by atoms with E-state index in [1.807, 2.05) is 6.07 Å². The summed E-state index contributed by atoms with van der Waals surface area (Å²) in [6.07, 6.45) is 4.45. The van der Waals surface area contributed by atoms with Crippen LogP contribution in [0.1, 0.15) is 50.8 Å². The van der Waals surface area contributed by atoms with Crippen LogP contribution < -0.4 is 4.90 Å². The topological polar surface area (TPSA) is 44.6 Å². The SMILES string of the molecule is Cc1nn(-c2ccccc2)c(N2CCN(C)CC2)c1CN(CC(C)C)C(=O)C1CCCC1. The fourth-order valence-corrected chi connectivity index (χ4v) is 5.12. The first-order chi connectivity index (χ1) is 15.4. The van der Waals surface area contributed by atoms with Crippen LogP contribution in [0.5, 0.6) is 0 Å². The highest BCUT2D eigenvalue weighted by molar-refractivity contribution is 5.79. The van der Waals surface area contributed by atoms with Crippen molar-refractivity contribution in [1.29, 1.82) is 0 Å². The van der Waals surface area contributed by atoms with Crippen LogP contribution in [0.3, 0.4) is 0 Å². The van der Waals surface area contributed by atoms with E-state index >= 15 is 0 Å². The molecular weight excluding hydrogens is 398 g/mol. The number of aromatic nitrogens is 2. The molecule has 1 aliphatic heterocycles. The van der Waals surface area contributed by atoms with Crippen molar-refractivity contribution >= 4 is 11.7 Å². The number of hydrogen-bond donors (Lipinski definition) is 0. The van der Waals surface area contributed by atoms with E-state index < -0.39 is 0 Å². The third-order valence-corrected chi connectivity index (χ3v) is 6.91. The van der Waals surface area contributed by atoms with Crippen molar-refractivity contribution in [2.24, 2.45) is 11.8 Å². The molecule has 2 aromatic rings. The molecule has 0 N–H and O–H groups in total. The summed E-state index contributed by atoms with van der Waals surface area (Å²) in [5, 5.41) is 4.99. The number of likely N-dealkylation sites (N-methyl/N-ethyl adjacent to an activating group) is 1. The molecule has 0 unspecified atom stereocenters. The van der Waals surface area contributed by atoms with Crippen molar-refractivity contribution in [3.05, 3.63) is 41.6 Å². The normalized spacial score (nSPS) is 18.0. The first kappa shape index (κ1) is 22.8. The number of aryl methyl sites for hydroxylation is 1. The van der Waals surface area contributed by atoms with E-state index in [0.717, 1.165) is 62.8 Å². The van der Waals surface area contributed by atoms with Crippen LogP contribution in [-0.4, -0.2) is 65.3 Å². The molecule has 0 spiro atoms. The lowest BCUT2D eigenvalue weighted by atomic mass is 10.0. The number of piperazine rings is 1. The van der Waals surface area contributed by atoms with Gasteiger partial charge in [0.25, 0.3) is 0 Å². The number of anilines is 1. The average Bonchev–Trinajstić information content (AvgIpc) is 3.43. The second-order valence-electron chi connectivity index (χ2n) is 10.0. The molecule has 1 amide bonds. The Morgan fingerprint density at radius 1 is 1.09 bits per heavy atom. The summed E-state index contributed by atoms with van der Waals surface area (Å²) in [6, 6.07) is 10.4. The van der Waals surface area contributed by atoms with Crippen molar-refractivity contribution in [1.82, 2.24) is 19.6 Å². The van der Waals surface area contributed by atoms with E-state index in [-0.39, 0.29) is 5.92 Å². The zero-order chi connectivity index (χ0) is 22.7. The van der Waals surface area contributed by atoms with Crippen molar-refractivity contribution in [2.75, 3.05) is 44.7 Å². The number of hydrogen-bond acceptors (Lipinski definition) is 4. The maximum Gasteiger partial charge on any atom is 0.225 e. The van der Waals surface area contributed by atoms with Crippen LogP contribution in [0, 0.1) is 18.8 Å². The van der Waals surface area contributed by atoms with Crippen molar-refractivity contribution < 1.29 is 4.79 Å². The molecule has 1 saturated heterocycles. The highest BCUT2D eigenvalue weighted by Gasteiger charge is 2.31. The van der Waals surface area contributed by atoms with Gasteiger partial charge in [0.05, 0.1) is 17.9 Å². The quantitative estimate of drug-likeness (QED) is 0.654. The Hall–Kier alpha value is -2.34. The first-order valence-corrected chi connectivity index (χ1v) is 12.3. The van der Waals surface area contributed by atoms with Crippen LogP contribution in [-0.2, 0) is 11.3 Å². The molecule has 4 rings (SSSR count). The molecule has 0 atom stereocenters. The number of carbonyl (C=O) groups is 1. The van der Waals surface area contributed by atoms with Crippen LogP contribution in [0.25, 0.3) is 5.69 Å². The van der Waals surface area contributed by atoms with E-state index in [1.54, 1.807) is 0 Å². The third kappa shape index (κ3) is 5.01. The molecule has 32 heavy (non-hydrogen) atoms. The number of rotatable bonds is 7. The Balaban J connectivity index is 1.71. The van der Waals surface area contributed by atoms with Crippen LogP contribution in [0.15, 0.2) is 30.3 Å². The number of nitrogens with zero attached hydrogens (tertiary/aromatic N) is 5. The predicted octanol–water partition coefficient (Wildman–Crippen LogP) is 4.11. The van der Waals surface area contributed by atoms with Crippen molar-refractivity contribution in [3.63, 3.8) is 0 Å². The third-order valence-electron chi connectivity index (χ3n) is 6.91. The molecule has 0 bridgehead atoms. The van der Waals surface area contributed by atoms with Gasteiger partial charge in [-0.2, -0.15) is 5.10 Å². The van der Waals surface area contributed by atoms with E-state index in [2.05, 4.69) is 71.5 Å². The summed E-state index contributed by atoms with van der Waals surface area (Å²) in [6.45, 7) is 12.0. The molecule has 0 radical (unpaired) electrons. The van der Waals surface area contributed by atoms with Gasteiger partial charge in [-0.1, -0.05) is 44.9 Å². The van der Waals surface area contributed by atoms with Gasteiger partial charge in [-0.25, -0.2) is 4.68 Å². The molecule has 1 aromatic heterocycles. The predicted molar refractivity (Wildman–Crippen MR) is 130 cm³/mol. The Bertz CT molecular complexity index is 892. The average molecular weight is 438 g/mol. The summed E-state index contributed by atoms with van der Waals surface area (Å²) in [7, 11) is 2.18. The Morgan fingerprint density at radius 2 is 1.75 bits per heavy atom. The Morgan fingerprint density at radius 3 is 2.38 bits per heavy atom.